The van der Waals surface area contributed by atoms with Crippen LogP contribution in [0.4, 0.5) is 0 Å². The lowest BCUT2D eigenvalue weighted by molar-refractivity contribution is 0.123. The number of nitrogens with zero attached hydrogens (tertiary/aromatic N) is 2. The van der Waals surface area contributed by atoms with E-state index in [1.165, 1.54) is 0 Å². The Morgan fingerprint density at radius 3 is 2.64 bits per heavy atom. The van der Waals surface area contributed by atoms with Crippen LogP contribution < -0.4 is 11.5 Å². The van der Waals surface area contributed by atoms with Crippen LogP contribution in [0.25, 0.3) is 22.2 Å². The number of nitrogens with two attached hydrogens (primary N) is 1. The van der Waals surface area contributed by atoms with Gasteiger partial charge in [0.05, 0.1) is 30.8 Å². The van der Waals surface area contributed by atoms with Crippen LogP contribution in [-0.4, -0.2) is 23.8 Å². The van der Waals surface area contributed by atoms with Gasteiger partial charge in [-0.1, -0.05) is 43.7 Å². The van der Waals surface area contributed by atoms with Crippen LogP contribution in [0, 0.1) is 11.3 Å². The van der Waals surface area contributed by atoms with Gasteiger partial charge in [-0.25, -0.2) is 4.79 Å². The van der Waals surface area contributed by atoms with Crippen molar-refractivity contribution in [1.29, 1.82) is 5.26 Å². The molecule has 1 aromatic heterocycles. The molecule has 0 aliphatic carbocycles. The van der Waals surface area contributed by atoms with Crippen LogP contribution in [-0.2, 0) is 17.7 Å². The lowest BCUT2D eigenvalue weighted by atomic mass is 10.0. The summed E-state index contributed by atoms with van der Waals surface area (Å²) in [5.74, 6) is -0.368. The van der Waals surface area contributed by atoms with E-state index >= 15 is 0 Å². The van der Waals surface area contributed by atoms with Crippen molar-refractivity contribution >= 4 is 11.1 Å². The molecule has 0 aliphatic heterocycles. The first-order valence-corrected chi connectivity index (χ1v) is 9.58. The minimum absolute atomic E-state index is 0.368. The molecule has 0 fully saturated rings. The first-order chi connectivity index (χ1) is 13.6. The Morgan fingerprint density at radius 2 is 1.93 bits per heavy atom. The Kier molecular flexibility index (Phi) is 6.64. The summed E-state index contributed by atoms with van der Waals surface area (Å²) < 4.78 is 12.6. The zero-order valence-corrected chi connectivity index (χ0v) is 16.1. The number of hydrogen-bond donors (Lipinski definition) is 1. The zero-order valence-electron chi connectivity index (χ0n) is 16.1. The normalized spacial score (nSPS) is 12.2. The second-order valence-corrected chi connectivity index (χ2v) is 6.80. The molecule has 0 unspecified atom stereocenters. The Balaban J connectivity index is 1.80. The zero-order chi connectivity index (χ0) is 19.9. The molecule has 0 saturated carbocycles. The SMILES string of the molecule is CCCCOCCn1c(=O)oc2ccc(-c3ccc(C[C@H](N)C#N)cc3)cc21. The number of unbranched alkanes of at least 4 members (excludes halogenated alkanes) is 1. The topological polar surface area (TPSA) is 94.2 Å². The van der Waals surface area contributed by atoms with E-state index in [2.05, 4.69) is 6.92 Å². The van der Waals surface area contributed by atoms with E-state index in [1.54, 1.807) is 4.57 Å². The first-order valence-electron chi connectivity index (χ1n) is 9.58. The van der Waals surface area contributed by atoms with E-state index in [1.807, 2.05) is 48.5 Å². The fourth-order valence-electron chi connectivity index (χ4n) is 3.09. The standard InChI is InChI=1S/C22H25N3O3/c1-2-3-11-27-12-10-25-20-14-18(8-9-21(20)28-22(25)26)17-6-4-16(5-7-17)13-19(24)15-23/h4-9,14,19H,2-3,10-13,24H2,1H3/t19-/m0/s1. The molecular formula is C22H25N3O3. The number of rotatable bonds is 9. The summed E-state index contributed by atoms with van der Waals surface area (Å²) in [7, 11) is 0. The highest BCUT2D eigenvalue weighted by molar-refractivity contribution is 5.80. The quantitative estimate of drug-likeness (QED) is 0.575. The second-order valence-electron chi connectivity index (χ2n) is 6.80. The maximum Gasteiger partial charge on any atom is 0.420 e. The maximum atomic E-state index is 12.2. The monoisotopic (exact) mass is 379 g/mol. The third-order valence-corrected chi connectivity index (χ3v) is 4.68. The van der Waals surface area contributed by atoms with Crippen molar-refractivity contribution in [3.05, 3.63) is 58.6 Å². The second kappa shape index (κ2) is 9.36. The molecule has 3 aromatic rings. The molecule has 6 heteroatoms. The van der Waals surface area contributed by atoms with Gasteiger partial charge in [0.15, 0.2) is 5.58 Å². The van der Waals surface area contributed by atoms with Crippen LogP contribution in [0.1, 0.15) is 25.3 Å². The molecule has 2 N–H and O–H groups in total. The predicted octanol–water partition coefficient (Wildman–Crippen LogP) is 3.47. The van der Waals surface area contributed by atoms with Crippen molar-refractivity contribution in [2.24, 2.45) is 5.73 Å². The molecule has 0 spiro atoms. The first kappa shape index (κ1) is 19.9. The van der Waals surface area contributed by atoms with E-state index < -0.39 is 6.04 Å². The van der Waals surface area contributed by atoms with Gasteiger partial charge in [0.1, 0.15) is 0 Å². The van der Waals surface area contributed by atoms with Gasteiger partial charge in [0.25, 0.3) is 0 Å². The molecule has 28 heavy (non-hydrogen) atoms. The summed E-state index contributed by atoms with van der Waals surface area (Å²) in [6.45, 7) is 3.76. The van der Waals surface area contributed by atoms with Crippen LogP contribution in [0.15, 0.2) is 51.7 Å². The molecule has 146 valence electrons. The average molecular weight is 379 g/mol. The van der Waals surface area contributed by atoms with Crippen molar-refractivity contribution in [2.75, 3.05) is 13.2 Å². The van der Waals surface area contributed by atoms with Crippen LogP contribution in [0.3, 0.4) is 0 Å². The molecule has 1 heterocycles. The number of nitriles is 1. The highest BCUT2D eigenvalue weighted by Crippen LogP contribution is 2.25. The Hall–Kier alpha value is -2.88. The Bertz CT molecular complexity index is 1010. The lowest BCUT2D eigenvalue weighted by Crippen LogP contribution is -2.19. The van der Waals surface area contributed by atoms with E-state index in [-0.39, 0.29) is 5.76 Å². The average Bonchev–Trinajstić information content (AvgIpc) is 3.02. The summed E-state index contributed by atoms with van der Waals surface area (Å²) in [4.78, 5) is 12.2. The van der Waals surface area contributed by atoms with Crippen molar-refractivity contribution in [3.8, 4) is 17.2 Å². The van der Waals surface area contributed by atoms with Crippen LogP contribution in [0.5, 0.6) is 0 Å². The van der Waals surface area contributed by atoms with Crippen molar-refractivity contribution < 1.29 is 9.15 Å². The van der Waals surface area contributed by atoms with Crippen LogP contribution >= 0.6 is 0 Å². The third kappa shape index (κ3) is 4.69. The molecule has 1 atom stereocenters. The van der Waals surface area contributed by atoms with Gasteiger partial charge < -0.3 is 14.9 Å². The van der Waals surface area contributed by atoms with Gasteiger partial charge in [0.2, 0.25) is 0 Å². The number of hydrogen-bond acceptors (Lipinski definition) is 5. The molecule has 0 saturated heterocycles. The highest BCUT2D eigenvalue weighted by Gasteiger charge is 2.11. The number of fused-ring (bicyclic) bond motifs is 1. The molecule has 0 amide bonds. The number of oxazole rings is 1. The minimum Gasteiger partial charge on any atom is -0.408 e. The largest absolute Gasteiger partial charge is 0.420 e. The summed E-state index contributed by atoms with van der Waals surface area (Å²) in [6.07, 6.45) is 2.62. The molecule has 0 radical (unpaired) electrons. The van der Waals surface area contributed by atoms with Crippen molar-refractivity contribution in [1.82, 2.24) is 4.57 Å². The molecule has 0 aliphatic rings. The summed E-state index contributed by atoms with van der Waals surface area (Å²) in [5.41, 5.74) is 10.0. The third-order valence-electron chi connectivity index (χ3n) is 4.68. The maximum absolute atomic E-state index is 12.2. The Morgan fingerprint density at radius 1 is 1.18 bits per heavy atom. The molecular weight excluding hydrogens is 354 g/mol. The smallest absolute Gasteiger partial charge is 0.408 e. The van der Waals surface area contributed by atoms with Crippen molar-refractivity contribution in [2.45, 2.75) is 38.8 Å². The van der Waals surface area contributed by atoms with Gasteiger partial charge in [-0.3, -0.25) is 4.57 Å². The van der Waals surface area contributed by atoms with Gasteiger partial charge >= 0.3 is 5.76 Å². The lowest BCUT2D eigenvalue weighted by Gasteiger charge is -2.07. The summed E-state index contributed by atoms with van der Waals surface area (Å²) in [6, 6.07) is 15.2. The number of benzene rings is 2. The van der Waals surface area contributed by atoms with Crippen LogP contribution in [0.2, 0.25) is 0 Å². The van der Waals surface area contributed by atoms with E-state index in [0.29, 0.717) is 31.8 Å². The molecule has 2 aromatic carbocycles. The summed E-state index contributed by atoms with van der Waals surface area (Å²) >= 11 is 0. The highest BCUT2D eigenvalue weighted by atomic mass is 16.5. The van der Waals surface area contributed by atoms with Gasteiger partial charge in [-0.2, -0.15) is 5.26 Å². The van der Waals surface area contributed by atoms with Gasteiger partial charge in [-0.05, 0) is 35.2 Å². The van der Waals surface area contributed by atoms with Crippen molar-refractivity contribution in [3.63, 3.8) is 0 Å². The molecule has 0 bridgehead atoms. The summed E-state index contributed by atoms with van der Waals surface area (Å²) in [5, 5.41) is 8.84. The minimum atomic E-state index is -0.498. The van der Waals surface area contributed by atoms with E-state index in [4.69, 9.17) is 20.1 Å². The van der Waals surface area contributed by atoms with E-state index in [0.717, 1.165) is 35.0 Å². The van der Waals surface area contributed by atoms with Gasteiger partial charge in [-0.15, -0.1) is 0 Å². The Labute approximate surface area is 164 Å². The fourth-order valence-corrected chi connectivity index (χ4v) is 3.09. The number of ether oxygens (including phenoxy) is 1. The fraction of sp³-hybridized carbons (Fsp3) is 0.364. The van der Waals surface area contributed by atoms with E-state index in [9.17, 15) is 4.79 Å². The molecule has 6 nitrogen and oxygen atoms in total. The molecule has 3 rings (SSSR count). The van der Waals surface area contributed by atoms with Gasteiger partial charge in [0, 0.05) is 13.0 Å². The number of aromatic nitrogens is 1. The predicted molar refractivity (Wildman–Crippen MR) is 109 cm³/mol.